The van der Waals surface area contributed by atoms with Gasteiger partial charge in [0.05, 0.1) is 6.61 Å². The largest absolute Gasteiger partial charge is 0.466 e. The highest BCUT2D eigenvalue weighted by Crippen LogP contribution is 2.20. The van der Waals surface area contributed by atoms with Crippen LogP contribution in [-0.4, -0.2) is 12.6 Å². The predicted molar refractivity (Wildman–Crippen MR) is 318 cm³/mol. The van der Waals surface area contributed by atoms with Crippen LogP contribution in [0.1, 0.15) is 425 Å². The second-order valence-corrected chi connectivity index (χ2v) is 23.5. The number of carbonyl (C=O) groups is 1. The second kappa shape index (κ2) is 66.5. The van der Waals surface area contributed by atoms with Gasteiger partial charge in [-0.25, -0.2) is 0 Å². The highest BCUT2D eigenvalue weighted by atomic mass is 16.5. The highest BCUT2D eigenvalue weighted by molar-refractivity contribution is 5.69. The van der Waals surface area contributed by atoms with Gasteiger partial charge in [0.25, 0.3) is 0 Å². The Hall–Kier alpha value is -0.530. The molecule has 0 unspecified atom stereocenters. The maximum Gasteiger partial charge on any atom is 0.305 e. The highest BCUT2D eigenvalue weighted by Gasteiger charge is 2.04. The molecule has 0 atom stereocenters. The van der Waals surface area contributed by atoms with Crippen LogP contribution in [0.3, 0.4) is 0 Å². The Labute approximate surface area is 444 Å². The first-order valence-electron chi connectivity index (χ1n) is 34.0. The molecule has 0 aromatic rings. The zero-order valence-corrected chi connectivity index (χ0v) is 49.3. The molecule has 70 heavy (non-hydrogen) atoms. The van der Waals surface area contributed by atoms with Gasteiger partial charge in [0, 0.05) is 6.42 Å². The van der Waals surface area contributed by atoms with E-state index in [-0.39, 0.29) is 5.97 Å². The van der Waals surface area contributed by atoms with Crippen LogP contribution in [0.5, 0.6) is 0 Å². The Balaban J connectivity index is 3.14. The fourth-order valence-corrected chi connectivity index (χ4v) is 11.2. The van der Waals surface area contributed by atoms with E-state index in [0.29, 0.717) is 13.0 Å². The Bertz CT molecular complexity index is 898. The number of ether oxygens (including phenoxy) is 1. The predicted octanol–water partition coefficient (Wildman–Crippen LogP) is 25.5. The molecule has 0 rings (SSSR count). The van der Waals surface area contributed by atoms with Crippen molar-refractivity contribution < 1.29 is 9.53 Å². The molecule has 0 spiro atoms. The molecule has 0 saturated carbocycles. The summed E-state index contributed by atoms with van der Waals surface area (Å²) in [4.78, 5) is 12.1. The van der Waals surface area contributed by atoms with Crippen molar-refractivity contribution in [3.05, 3.63) is 0 Å². The van der Waals surface area contributed by atoms with Crippen molar-refractivity contribution in [2.75, 3.05) is 6.61 Å². The van der Waals surface area contributed by atoms with E-state index in [2.05, 4.69) is 13.8 Å². The third-order valence-electron chi connectivity index (χ3n) is 16.2. The lowest BCUT2D eigenvalue weighted by molar-refractivity contribution is -0.143. The van der Waals surface area contributed by atoms with Crippen LogP contribution in [0.25, 0.3) is 0 Å². The van der Waals surface area contributed by atoms with Gasteiger partial charge in [0.2, 0.25) is 0 Å². The molecule has 0 aliphatic carbocycles. The number of unbranched alkanes of at least 4 members (excludes halogenated alkanes) is 61. The molecule has 2 nitrogen and oxygen atoms in total. The number of rotatable bonds is 65. The van der Waals surface area contributed by atoms with Crippen molar-refractivity contribution >= 4 is 5.97 Å². The molecule has 0 saturated heterocycles. The lowest BCUT2D eigenvalue weighted by Crippen LogP contribution is -2.05. The standard InChI is InChI=1S/C68H136O2/c1-3-5-7-9-11-13-15-17-19-21-23-25-27-29-31-32-33-34-35-36-37-38-39-40-42-44-46-48-50-52-54-56-58-60-62-64-66-68(69)70-67-65-63-61-59-57-55-53-51-49-47-45-43-41-30-28-26-24-22-20-18-16-14-12-10-8-6-4-2/h3-67H2,1-2H3. The maximum atomic E-state index is 12.1. The smallest absolute Gasteiger partial charge is 0.305 e. The van der Waals surface area contributed by atoms with Crippen molar-refractivity contribution in [1.29, 1.82) is 0 Å². The van der Waals surface area contributed by atoms with Crippen molar-refractivity contribution in [3.63, 3.8) is 0 Å². The van der Waals surface area contributed by atoms with E-state index in [1.54, 1.807) is 0 Å². The molecule has 0 radical (unpaired) electrons. The molecule has 0 fully saturated rings. The molecular formula is C68H136O2. The number of esters is 1. The van der Waals surface area contributed by atoms with Crippen LogP contribution in [0.15, 0.2) is 0 Å². The first-order valence-corrected chi connectivity index (χ1v) is 34.0. The topological polar surface area (TPSA) is 26.3 Å². The molecule has 0 amide bonds. The van der Waals surface area contributed by atoms with Gasteiger partial charge in [0.1, 0.15) is 0 Å². The number of carbonyl (C=O) groups excluding carboxylic acids is 1. The summed E-state index contributed by atoms with van der Waals surface area (Å²) in [5, 5.41) is 0. The summed E-state index contributed by atoms with van der Waals surface area (Å²) in [5.41, 5.74) is 0. The fraction of sp³-hybridized carbons (Fsp3) is 0.985. The normalized spacial score (nSPS) is 11.6. The molecule has 0 aliphatic heterocycles. The van der Waals surface area contributed by atoms with E-state index in [0.717, 1.165) is 12.8 Å². The van der Waals surface area contributed by atoms with Crippen LogP contribution in [0, 0.1) is 0 Å². The molecule has 0 heterocycles. The van der Waals surface area contributed by atoms with Crippen molar-refractivity contribution in [2.24, 2.45) is 0 Å². The van der Waals surface area contributed by atoms with Crippen molar-refractivity contribution in [3.8, 4) is 0 Å². The number of hydrogen-bond acceptors (Lipinski definition) is 2. The first kappa shape index (κ1) is 69.5. The van der Waals surface area contributed by atoms with Crippen LogP contribution in [-0.2, 0) is 9.53 Å². The van der Waals surface area contributed by atoms with Gasteiger partial charge in [-0.1, -0.05) is 406 Å². The SMILES string of the molecule is CCCCCCCCCCCCCCCCCCCCCCCCCCCCCCCCCCCCCCC(=O)OCCCCCCCCCCCCCCCCCCCCCCCCCCCCC. The zero-order chi connectivity index (χ0) is 50.2. The van der Waals surface area contributed by atoms with E-state index in [1.165, 1.54) is 392 Å². The van der Waals surface area contributed by atoms with Gasteiger partial charge >= 0.3 is 5.97 Å². The van der Waals surface area contributed by atoms with Crippen molar-refractivity contribution in [2.45, 2.75) is 425 Å². The van der Waals surface area contributed by atoms with E-state index < -0.39 is 0 Å². The third kappa shape index (κ3) is 65.5. The van der Waals surface area contributed by atoms with Gasteiger partial charge < -0.3 is 4.74 Å². The quantitative estimate of drug-likeness (QED) is 0.0448. The van der Waals surface area contributed by atoms with Crippen LogP contribution < -0.4 is 0 Å². The van der Waals surface area contributed by atoms with Gasteiger partial charge in [-0.15, -0.1) is 0 Å². The van der Waals surface area contributed by atoms with E-state index in [4.69, 9.17) is 4.74 Å². The summed E-state index contributed by atoms with van der Waals surface area (Å²) in [6, 6.07) is 0. The molecule has 0 aromatic carbocycles. The lowest BCUT2D eigenvalue weighted by Gasteiger charge is -2.06. The zero-order valence-electron chi connectivity index (χ0n) is 49.3. The van der Waals surface area contributed by atoms with Crippen LogP contribution >= 0.6 is 0 Å². The summed E-state index contributed by atoms with van der Waals surface area (Å²) in [6.07, 6.45) is 90.7. The van der Waals surface area contributed by atoms with Crippen LogP contribution in [0.2, 0.25) is 0 Å². The molecule has 0 aliphatic rings. The molecule has 2 heteroatoms. The van der Waals surface area contributed by atoms with Gasteiger partial charge in [-0.3, -0.25) is 4.79 Å². The van der Waals surface area contributed by atoms with Gasteiger partial charge in [0.15, 0.2) is 0 Å². The monoisotopic (exact) mass is 985 g/mol. The molecule has 0 bridgehead atoms. The second-order valence-electron chi connectivity index (χ2n) is 23.5. The summed E-state index contributed by atoms with van der Waals surface area (Å²) in [5.74, 6) is 0.0380. The third-order valence-corrected chi connectivity index (χ3v) is 16.2. The Morgan fingerprint density at radius 1 is 0.186 bits per heavy atom. The minimum atomic E-state index is 0.0380. The van der Waals surface area contributed by atoms with Gasteiger partial charge in [-0.2, -0.15) is 0 Å². The molecule has 0 N–H and O–H groups in total. The Kier molecular flexibility index (Phi) is 66.0. The summed E-state index contributed by atoms with van der Waals surface area (Å²) >= 11 is 0. The minimum absolute atomic E-state index is 0.0380. The Morgan fingerprint density at radius 2 is 0.314 bits per heavy atom. The summed E-state index contributed by atoms with van der Waals surface area (Å²) < 4.78 is 5.53. The van der Waals surface area contributed by atoms with E-state index >= 15 is 0 Å². The lowest BCUT2D eigenvalue weighted by atomic mass is 10.0. The Morgan fingerprint density at radius 3 is 0.471 bits per heavy atom. The molecule has 0 aromatic heterocycles. The van der Waals surface area contributed by atoms with E-state index in [9.17, 15) is 4.79 Å². The van der Waals surface area contributed by atoms with Crippen LogP contribution in [0.4, 0.5) is 0 Å². The minimum Gasteiger partial charge on any atom is -0.466 e. The van der Waals surface area contributed by atoms with Crippen molar-refractivity contribution in [1.82, 2.24) is 0 Å². The first-order chi connectivity index (χ1) is 34.8. The van der Waals surface area contributed by atoms with Gasteiger partial charge in [-0.05, 0) is 12.8 Å². The average Bonchev–Trinajstić information content (AvgIpc) is 3.37. The maximum absolute atomic E-state index is 12.1. The summed E-state index contributed by atoms with van der Waals surface area (Å²) in [7, 11) is 0. The van der Waals surface area contributed by atoms with E-state index in [1.807, 2.05) is 0 Å². The molecule has 420 valence electrons. The molecular weight excluding hydrogens is 849 g/mol. The summed E-state index contributed by atoms with van der Waals surface area (Å²) in [6.45, 7) is 5.26. The fourth-order valence-electron chi connectivity index (χ4n) is 11.2. The number of hydrogen-bond donors (Lipinski definition) is 0. The average molecular weight is 986 g/mol.